The number of pyridine rings is 1. The first-order chi connectivity index (χ1) is 15.6. The number of aryl methyl sites for hydroxylation is 1. The number of rotatable bonds is 6. The second-order valence-corrected chi connectivity index (χ2v) is 9.04. The molecule has 0 bridgehead atoms. The van der Waals surface area contributed by atoms with Crippen LogP contribution in [0.4, 0.5) is 0 Å². The van der Waals surface area contributed by atoms with E-state index < -0.39 is 0 Å². The van der Waals surface area contributed by atoms with Gasteiger partial charge in [0.1, 0.15) is 17.1 Å². The molecular weight excluding hydrogens is 464 g/mol. The first-order valence-corrected chi connectivity index (χ1v) is 12.7. The normalized spacial score (nSPS) is 12.9. The third-order valence-electron chi connectivity index (χ3n) is 5.61. The minimum absolute atomic E-state index is 0.581. The maximum absolute atomic E-state index is 5.46. The van der Waals surface area contributed by atoms with Gasteiger partial charge < -0.3 is 9.09 Å². The number of imidazole rings is 1. The maximum Gasteiger partial charge on any atom is 0.140 e. The molecular formula is C26H35BrN4O. The summed E-state index contributed by atoms with van der Waals surface area (Å²) in [6.45, 7) is 8.46. The first-order valence-electron chi connectivity index (χ1n) is 12.0. The molecule has 0 aliphatic heterocycles. The third kappa shape index (κ3) is 5.77. The summed E-state index contributed by atoms with van der Waals surface area (Å²) in [6, 6.07) is 8.19. The van der Waals surface area contributed by atoms with Crippen LogP contribution in [0.25, 0.3) is 21.9 Å². The molecule has 0 N–H and O–H groups in total. The quantitative estimate of drug-likeness (QED) is 0.253. The van der Waals surface area contributed by atoms with Gasteiger partial charge in [0.25, 0.3) is 0 Å². The van der Waals surface area contributed by atoms with Crippen LogP contribution in [0.3, 0.4) is 0 Å². The van der Waals surface area contributed by atoms with Crippen LogP contribution in [-0.2, 0) is 13.5 Å². The standard InChI is InChI=1S/C18H15BrN4O.C6H14.C2H6/c1-23-17(8-12-7-16(24-22-12)10-2-3-10)21-15-9-20-14-5-4-11(19)6-13(14)18(15)23;1-3-5-6-4-2;1-2/h4-7,9-10H,2-3,8H2,1H3;3-6H2,1-2H3;1-2H3. The Balaban J connectivity index is 0.000000317. The van der Waals surface area contributed by atoms with Crippen LogP contribution in [0.15, 0.2) is 39.5 Å². The van der Waals surface area contributed by atoms with Gasteiger partial charge in [-0.25, -0.2) is 4.98 Å². The van der Waals surface area contributed by atoms with Crippen LogP contribution in [0.5, 0.6) is 0 Å². The summed E-state index contributed by atoms with van der Waals surface area (Å²) >= 11 is 3.55. The second-order valence-electron chi connectivity index (χ2n) is 8.12. The third-order valence-corrected chi connectivity index (χ3v) is 6.10. The van der Waals surface area contributed by atoms with Crippen molar-refractivity contribution in [3.05, 3.63) is 52.2 Å². The Morgan fingerprint density at radius 1 is 1.06 bits per heavy atom. The Kier molecular flexibility index (Phi) is 8.85. The molecule has 1 aromatic carbocycles. The number of nitrogens with zero attached hydrogens (tertiary/aromatic N) is 4. The van der Waals surface area contributed by atoms with Gasteiger partial charge in [-0.1, -0.05) is 74.5 Å². The monoisotopic (exact) mass is 498 g/mol. The van der Waals surface area contributed by atoms with E-state index in [2.05, 4.69) is 56.6 Å². The van der Waals surface area contributed by atoms with Gasteiger partial charge in [-0.2, -0.15) is 0 Å². The summed E-state index contributed by atoms with van der Waals surface area (Å²) in [5.41, 5.74) is 3.91. The van der Waals surface area contributed by atoms with Crippen LogP contribution in [0.1, 0.15) is 89.4 Å². The molecule has 3 heterocycles. The fourth-order valence-corrected chi connectivity index (χ4v) is 4.07. The second kappa shape index (κ2) is 11.6. The molecule has 32 heavy (non-hydrogen) atoms. The molecule has 0 saturated heterocycles. The molecule has 4 aromatic rings. The fraction of sp³-hybridized carbons (Fsp3) is 0.500. The number of halogens is 1. The highest BCUT2D eigenvalue weighted by atomic mass is 79.9. The lowest BCUT2D eigenvalue weighted by molar-refractivity contribution is 0.379. The Hall–Kier alpha value is -2.21. The lowest BCUT2D eigenvalue weighted by atomic mass is 10.2. The highest BCUT2D eigenvalue weighted by molar-refractivity contribution is 9.10. The average molecular weight is 499 g/mol. The van der Waals surface area contributed by atoms with Gasteiger partial charge in [0.2, 0.25) is 0 Å². The van der Waals surface area contributed by atoms with E-state index in [1.807, 2.05) is 39.2 Å². The minimum Gasteiger partial charge on any atom is -0.361 e. The SMILES string of the molecule is CC.CCCCCC.Cn1c(Cc2cc(C3CC3)on2)nc2cnc3ccc(Br)cc3c21. The smallest absolute Gasteiger partial charge is 0.140 e. The Labute approximate surface area is 199 Å². The van der Waals surface area contributed by atoms with Crippen molar-refractivity contribution in [3.8, 4) is 0 Å². The fourth-order valence-electron chi connectivity index (χ4n) is 3.71. The van der Waals surface area contributed by atoms with Gasteiger partial charge in [0, 0.05) is 28.9 Å². The number of fused-ring (bicyclic) bond motifs is 3. The summed E-state index contributed by atoms with van der Waals surface area (Å²) < 4.78 is 8.63. The molecule has 1 aliphatic rings. The zero-order valence-corrected chi connectivity index (χ0v) is 21.6. The number of hydrogen-bond donors (Lipinski definition) is 0. The number of benzene rings is 1. The lowest BCUT2D eigenvalue weighted by Gasteiger charge is -2.03. The van der Waals surface area contributed by atoms with E-state index in [1.54, 1.807) is 0 Å². The molecule has 1 fully saturated rings. The van der Waals surface area contributed by atoms with Crippen LogP contribution < -0.4 is 0 Å². The van der Waals surface area contributed by atoms with Gasteiger partial charge in [0.15, 0.2) is 0 Å². The molecule has 1 saturated carbocycles. The van der Waals surface area contributed by atoms with Crippen LogP contribution in [0, 0.1) is 0 Å². The molecule has 0 unspecified atom stereocenters. The predicted molar refractivity (Wildman–Crippen MR) is 136 cm³/mol. The van der Waals surface area contributed by atoms with Gasteiger partial charge in [-0.15, -0.1) is 0 Å². The lowest BCUT2D eigenvalue weighted by Crippen LogP contribution is -1.99. The van der Waals surface area contributed by atoms with Gasteiger partial charge in [-0.3, -0.25) is 4.98 Å². The van der Waals surface area contributed by atoms with Crippen LogP contribution >= 0.6 is 15.9 Å². The number of aromatic nitrogens is 4. The summed E-state index contributed by atoms with van der Waals surface area (Å²) in [7, 11) is 2.05. The largest absolute Gasteiger partial charge is 0.361 e. The van der Waals surface area contributed by atoms with Gasteiger partial charge in [0.05, 0.1) is 29.3 Å². The van der Waals surface area contributed by atoms with E-state index in [0.717, 1.165) is 43.7 Å². The summed E-state index contributed by atoms with van der Waals surface area (Å²) in [5.74, 6) is 2.56. The van der Waals surface area contributed by atoms with Crippen molar-refractivity contribution in [2.24, 2.45) is 7.05 Å². The molecule has 172 valence electrons. The Bertz CT molecular complexity index is 1140. The van der Waals surface area contributed by atoms with Gasteiger partial charge in [-0.05, 0) is 31.0 Å². The van der Waals surface area contributed by atoms with Crippen LogP contribution in [-0.4, -0.2) is 19.7 Å². The summed E-state index contributed by atoms with van der Waals surface area (Å²) in [4.78, 5) is 9.28. The molecule has 5 nitrogen and oxygen atoms in total. The average Bonchev–Trinajstić information content (AvgIpc) is 3.48. The number of unbranched alkanes of at least 4 members (excludes halogenated alkanes) is 3. The predicted octanol–water partition coefficient (Wildman–Crippen LogP) is 7.95. The van der Waals surface area contributed by atoms with Crippen molar-refractivity contribution in [1.82, 2.24) is 19.7 Å². The van der Waals surface area contributed by atoms with Crippen LogP contribution in [0.2, 0.25) is 0 Å². The van der Waals surface area contributed by atoms with Crippen molar-refractivity contribution >= 4 is 37.9 Å². The van der Waals surface area contributed by atoms with E-state index in [-0.39, 0.29) is 0 Å². The first kappa shape index (κ1) is 24.4. The van der Waals surface area contributed by atoms with E-state index in [0.29, 0.717) is 12.3 Å². The van der Waals surface area contributed by atoms with E-state index in [1.165, 1.54) is 38.5 Å². The topological polar surface area (TPSA) is 56.7 Å². The summed E-state index contributed by atoms with van der Waals surface area (Å²) in [6.07, 6.45) is 10.5. The zero-order valence-electron chi connectivity index (χ0n) is 20.0. The molecule has 0 radical (unpaired) electrons. The van der Waals surface area contributed by atoms with Crippen molar-refractivity contribution in [2.45, 2.75) is 78.6 Å². The highest BCUT2D eigenvalue weighted by Crippen LogP contribution is 2.40. The van der Waals surface area contributed by atoms with Gasteiger partial charge >= 0.3 is 0 Å². The zero-order chi connectivity index (χ0) is 23.1. The number of hydrogen-bond acceptors (Lipinski definition) is 4. The van der Waals surface area contributed by atoms with E-state index in [9.17, 15) is 0 Å². The Morgan fingerprint density at radius 3 is 2.44 bits per heavy atom. The summed E-state index contributed by atoms with van der Waals surface area (Å²) in [5, 5.41) is 5.31. The molecule has 0 spiro atoms. The molecule has 6 heteroatoms. The molecule has 1 aliphatic carbocycles. The van der Waals surface area contributed by atoms with E-state index >= 15 is 0 Å². The van der Waals surface area contributed by atoms with Crippen molar-refractivity contribution < 1.29 is 4.52 Å². The van der Waals surface area contributed by atoms with Crippen molar-refractivity contribution in [1.29, 1.82) is 0 Å². The van der Waals surface area contributed by atoms with E-state index in [4.69, 9.17) is 9.51 Å². The molecule has 0 atom stereocenters. The van der Waals surface area contributed by atoms with Crippen molar-refractivity contribution in [2.75, 3.05) is 0 Å². The minimum atomic E-state index is 0.581. The molecule has 5 rings (SSSR count). The molecule has 0 amide bonds. The Morgan fingerprint density at radius 2 is 1.78 bits per heavy atom. The van der Waals surface area contributed by atoms with Crippen molar-refractivity contribution in [3.63, 3.8) is 0 Å². The molecule has 3 aromatic heterocycles. The maximum atomic E-state index is 5.46. The highest BCUT2D eigenvalue weighted by Gasteiger charge is 2.28.